The number of ether oxygens (including phenoxy) is 1. The molecular formula is C25H18ClN3O2. The molecule has 0 spiro atoms. The van der Waals surface area contributed by atoms with Crippen molar-refractivity contribution in [1.29, 1.82) is 10.5 Å². The predicted octanol–water partition coefficient (Wildman–Crippen LogP) is 5.64. The molecule has 3 rings (SSSR count). The maximum absolute atomic E-state index is 12.6. The number of anilines is 1. The Labute approximate surface area is 185 Å². The number of nitrogens with one attached hydrogen (secondary N) is 1. The van der Waals surface area contributed by atoms with Crippen LogP contribution in [0.25, 0.3) is 6.08 Å². The third-order valence-electron chi connectivity index (χ3n) is 4.53. The summed E-state index contributed by atoms with van der Waals surface area (Å²) in [7, 11) is 0. The number of hydrogen-bond acceptors (Lipinski definition) is 4. The summed E-state index contributed by atoms with van der Waals surface area (Å²) < 4.78 is 5.88. The van der Waals surface area contributed by atoms with Crippen molar-refractivity contribution < 1.29 is 9.53 Å². The molecule has 0 aromatic heterocycles. The van der Waals surface area contributed by atoms with Crippen molar-refractivity contribution in [1.82, 2.24) is 0 Å². The Morgan fingerprint density at radius 2 is 1.84 bits per heavy atom. The van der Waals surface area contributed by atoms with Crippen LogP contribution < -0.4 is 10.1 Å². The summed E-state index contributed by atoms with van der Waals surface area (Å²) in [5, 5.41) is 22.0. The molecule has 0 fully saturated rings. The Kier molecular flexibility index (Phi) is 7.06. The fourth-order valence-electron chi connectivity index (χ4n) is 2.82. The number of nitrogens with zero attached hydrogens (tertiary/aromatic N) is 2. The minimum Gasteiger partial charge on any atom is -0.488 e. The molecule has 6 heteroatoms. The van der Waals surface area contributed by atoms with E-state index in [2.05, 4.69) is 11.4 Å². The van der Waals surface area contributed by atoms with Crippen LogP contribution in [-0.4, -0.2) is 5.91 Å². The molecule has 0 aliphatic carbocycles. The number of aryl methyl sites for hydroxylation is 1. The standard InChI is InChI=1S/C25H18ClN3O2/c1-17-10-11-22(13-23(17)26)29-25(30)21(15-28)12-18-6-4-5-9-24(18)31-16-20-8-3-2-7-19(20)14-27/h2-13H,16H2,1H3,(H,29,30)/b21-12-. The first-order chi connectivity index (χ1) is 15.0. The van der Waals surface area contributed by atoms with Crippen molar-refractivity contribution in [3.63, 3.8) is 0 Å². The van der Waals surface area contributed by atoms with Gasteiger partial charge in [-0.3, -0.25) is 4.79 Å². The predicted molar refractivity (Wildman–Crippen MR) is 120 cm³/mol. The van der Waals surface area contributed by atoms with Crippen molar-refractivity contribution in [2.45, 2.75) is 13.5 Å². The van der Waals surface area contributed by atoms with Gasteiger partial charge in [0.1, 0.15) is 24.0 Å². The number of nitriles is 2. The molecule has 5 nitrogen and oxygen atoms in total. The fraction of sp³-hybridized carbons (Fsp3) is 0.0800. The Morgan fingerprint density at radius 1 is 1.10 bits per heavy atom. The lowest BCUT2D eigenvalue weighted by molar-refractivity contribution is -0.112. The molecule has 1 N–H and O–H groups in total. The van der Waals surface area contributed by atoms with Gasteiger partial charge in [0.05, 0.1) is 11.6 Å². The van der Waals surface area contributed by atoms with Crippen LogP contribution in [0.15, 0.2) is 72.3 Å². The van der Waals surface area contributed by atoms with E-state index in [1.807, 2.05) is 25.1 Å². The molecule has 0 aliphatic rings. The summed E-state index contributed by atoms with van der Waals surface area (Å²) in [5.74, 6) is -0.0544. The van der Waals surface area contributed by atoms with Gasteiger partial charge in [-0.2, -0.15) is 10.5 Å². The van der Waals surface area contributed by atoms with Crippen LogP contribution in [-0.2, 0) is 11.4 Å². The van der Waals surface area contributed by atoms with E-state index < -0.39 is 5.91 Å². The van der Waals surface area contributed by atoms with Crippen molar-refractivity contribution in [2.24, 2.45) is 0 Å². The van der Waals surface area contributed by atoms with Crippen molar-refractivity contribution in [3.8, 4) is 17.9 Å². The number of halogens is 1. The topological polar surface area (TPSA) is 85.9 Å². The summed E-state index contributed by atoms with van der Waals surface area (Å²) in [5.41, 5.74) is 3.16. The Hall–Kier alpha value is -4.06. The average Bonchev–Trinajstić information content (AvgIpc) is 2.79. The minimum absolute atomic E-state index is 0.0785. The van der Waals surface area contributed by atoms with Crippen LogP contribution in [0.3, 0.4) is 0 Å². The molecule has 31 heavy (non-hydrogen) atoms. The van der Waals surface area contributed by atoms with Gasteiger partial charge in [-0.1, -0.05) is 54.1 Å². The number of hydrogen-bond donors (Lipinski definition) is 1. The maximum atomic E-state index is 12.6. The Morgan fingerprint density at radius 3 is 2.58 bits per heavy atom. The molecule has 0 aliphatic heterocycles. The molecule has 0 saturated carbocycles. The summed E-state index contributed by atoms with van der Waals surface area (Å²) >= 11 is 6.10. The average molecular weight is 428 g/mol. The summed E-state index contributed by atoms with van der Waals surface area (Å²) in [6.07, 6.45) is 1.47. The van der Waals surface area contributed by atoms with E-state index in [4.69, 9.17) is 16.3 Å². The first-order valence-electron chi connectivity index (χ1n) is 9.41. The van der Waals surface area contributed by atoms with Gasteiger partial charge in [-0.05, 0) is 42.8 Å². The van der Waals surface area contributed by atoms with Gasteiger partial charge in [-0.15, -0.1) is 0 Å². The van der Waals surface area contributed by atoms with Gasteiger partial charge in [0.2, 0.25) is 0 Å². The van der Waals surface area contributed by atoms with E-state index in [0.717, 1.165) is 11.1 Å². The molecular weight excluding hydrogens is 410 g/mol. The van der Waals surface area contributed by atoms with Gasteiger partial charge in [0.25, 0.3) is 5.91 Å². The lowest BCUT2D eigenvalue weighted by Gasteiger charge is -2.11. The van der Waals surface area contributed by atoms with Crippen LogP contribution in [0.1, 0.15) is 22.3 Å². The number of amides is 1. The third kappa shape index (κ3) is 5.51. The Bertz CT molecular complexity index is 1240. The van der Waals surface area contributed by atoms with Crippen molar-refractivity contribution in [3.05, 3.63) is 99.6 Å². The van der Waals surface area contributed by atoms with Gasteiger partial charge < -0.3 is 10.1 Å². The number of carbonyl (C=O) groups excluding carboxylic acids is 1. The summed E-state index contributed by atoms with van der Waals surface area (Å²) in [4.78, 5) is 12.6. The molecule has 3 aromatic carbocycles. The summed E-state index contributed by atoms with van der Waals surface area (Å²) in [6, 6.07) is 23.4. The normalized spacial score (nSPS) is 10.6. The lowest BCUT2D eigenvalue weighted by atomic mass is 10.1. The van der Waals surface area contributed by atoms with E-state index >= 15 is 0 Å². The van der Waals surface area contributed by atoms with Gasteiger partial charge >= 0.3 is 0 Å². The number of carbonyl (C=O) groups is 1. The molecule has 1 amide bonds. The highest BCUT2D eigenvalue weighted by atomic mass is 35.5. The third-order valence-corrected chi connectivity index (χ3v) is 4.94. The second kappa shape index (κ2) is 10.1. The Balaban J connectivity index is 1.81. The molecule has 0 saturated heterocycles. The first-order valence-corrected chi connectivity index (χ1v) is 9.78. The van der Waals surface area contributed by atoms with Gasteiger partial charge in [0.15, 0.2) is 0 Å². The number of para-hydroxylation sites is 1. The largest absolute Gasteiger partial charge is 0.488 e. The lowest BCUT2D eigenvalue weighted by Crippen LogP contribution is -2.13. The van der Waals surface area contributed by atoms with Crippen LogP contribution >= 0.6 is 11.6 Å². The van der Waals surface area contributed by atoms with E-state index in [-0.39, 0.29) is 12.2 Å². The monoisotopic (exact) mass is 427 g/mol. The van der Waals surface area contributed by atoms with E-state index in [0.29, 0.717) is 27.6 Å². The molecule has 0 radical (unpaired) electrons. The van der Waals surface area contributed by atoms with Gasteiger partial charge in [0, 0.05) is 21.8 Å². The van der Waals surface area contributed by atoms with E-state index in [1.165, 1.54) is 6.08 Å². The zero-order valence-electron chi connectivity index (χ0n) is 16.7. The van der Waals surface area contributed by atoms with E-state index in [9.17, 15) is 15.3 Å². The summed E-state index contributed by atoms with van der Waals surface area (Å²) in [6.45, 7) is 2.05. The van der Waals surface area contributed by atoms with Crippen LogP contribution in [0.2, 0.25) is 5.02 Å². The quantitative estimate of drug-likeness (QED) is 0.407. The number of benzene rings is 3. The maximum Gasteiger partial charge on any atom is 0.266 e. The minimum atomic E-state index is -0.549. The zero-order chi connectivity index (χ0) is 22.2. The second-order valence-electron chi connectivity index (χ2n) is 6.68. The molecule has 152 valence electrons. The highest BCUT2D eigenvalue weighted by Crippen LogP contribution is 2.24. The zero-order valence-corrected chi connectivity index (χ0v) is 17.5. The van der Waals surface area contributed by atoms with Gasteiger partial charge in [-0.25, -0.2) is 0 Å². The molecule has 0 heterocycles. The number of rotatable bonds is 6. The van der Waals surface area contributed by atoms with Crippen LogP contribution in [0, 0.1) is 29.6 Å². The molecule has 0 unspecified atom stereocenters. The van der Waals surface area contributed by atoms with E-state index in [1.54, 1.807) is 54.6 Å². The highest BCUT2D eigenvalue weighted by molar-refractivity contribution is 6.31. The first kappa shape index (κ1) is 21.6. The molecule has 0 bridgehead atoms. The van der Waals surface area contributed by atoms with Crippen LogP contribution in [0.4, 0.5) is 5.69 Å². The molecule has 3 aromatic rings. The smallest absolute Gasteiger partial charge is 0.266 e. The second-order valence-corrected chi connectivity index (χ2v) is 7.09. The highest BCUT2D eigenvalue weighted by Gasteiger charge is 2.12. The SMILES string of the molecule is Cc1ccc(NC(=O)/C(C#N)=C\c2ccccc2OCc2ccccc2C#N)cc1Cl. The molecule has 0 atom stereocenters. The fourth-order valence-corrected chi connectivity index (χ4v) is 3.00. The van der Waals surface area contributed by atoms with Crippen molar-refractivity contribution in [2.75, 3.05) is 5.32 Å². The van der Waals surface area contributed by atoms with Crippen LogP contribution in [0.5, 0.6) is 5.75 Å². The van der Waals surface area contributed by atoms with Crippen molar-refractivity contribution >= 4 is 29.3 Å².